The number of carbonyl (C=O) groups excluding carboxylic acids is 2. The maximum atomic E-state index is 12.7. The molecule has 5 heteroatoms. The number of anilines is 1. The first kappa shape index (κ1) is 15.8. The largest absolute Gasteiger partial charge is 0.368 e. The average molecular weight is 315 g/mol. The second-order valence-electron chi connectivity index (χ2n) is 7.01. The summed E-state index contributed by atoms with van der Waals surface area (Å²) in [7, 11) is 0. The summed E-state index contributed by atoms with van der Waals surface area (Å²) in [5, 5.41) is 2.78. The molecular formula is C18H25N3O2. The highest BCUT2D eigenvalue weighted by Crippen LogP contribution is 2.29. The van der Waals surface area contributed by atoms with E-state index in [2.05, 4.69) is 42.3 Å². The fourth-order valence-electron chi connectivity index (χ4n) is 3.53. The van der Waals surface area contributed by atoms with Crippen molar-refractivity contribution >= 4 is 17.5 Å². The molecule has 1 unspecified atom stereocenters. The molecule has 1 N–H and O–H groups in total. The average Bonchev–Trinajstić information content (AvgIpc) is 2.90. The number of rotatable bonds is 2. The Labute approximate surface area is 137 Å². The number of nitrogens with one attached hydrogen (secondary N) is 1. The van der Waals surface area contributed by atoms with Crippen LogP contribution in [0.5, 0.6) is 0 Å². The van der Waals surface area contributed by atoms with E-state index in [0.717, 1.165) is 26.2 Å². The first-order chi connectivity index (χ1) is 10.9. The lowest BCUT2D eigenvalue weighted by Crippen LogP contribution is -2.53. The SMILES string of the molecule is Cc1cccc(N2CCN(C(=O)C3(C)CNC(=O)C3)CC2)c1C. The number of amides is 2. The summed E-state index contributed by atoms with van der Waals surface area (Å²) in [6.07, 6.45) is 0.309. The highest BCUT2D eigenvalue weighted by molar-refractivity contribution is 5.92. The van der Waals surface area contributed by atoms with Crippen molar-refractivity contribution in [3.63, 3.8) is 0 Å². The van der Waals surface area contributed by atoms with Crippen molar-refractivity contribution in [1.29, 1.82) is 0 Å². The summed E-state index contributed by atoms with van der Waals surface area (Å²) in [5.74, 6) is 0.0892. The molecule has 5 nitrogen and oxygen atoms in total. The lowest BCUT2D eigenvalue weighted by atomic mass is 9.87. The molecule has 2 fully saturated rings. The Kier molecular flexibility index (Phi) is 4.04. The minimum Gasteiger partial charge on any atom is -0.368 e. The van der Waals surface area contributed by atoms with Crippen molar-refractivity contribution in [2.75, 3.05) is 37.6 Å². The van der Waals surface area contributed by atoms with Crippen LogP contribution in [-0.4, -0.2) is 49.4 Å². The molecule has 1 aromatic carbocycles. The van der Waals surface area contributed by atoms with Gasteiger partial charge in [0.05, 0.1) is 5.41 Å². The fraction of sp³-hybridized carbons (Fsp3) is 0.556. The highest BCUT2D eigenvalue weighted by atomic mass is 16.2. The minimum atomic E-state index is -0.571. The Balaban J connectivity index is 1.66. The molecule has 2 saturated heterocycles. The van der Waals surface area contributed by atoms with Crippen LogP contribution in [0, 0.1) is 19.3 Å². The van der Waals surface area contributed by atoms with Crippen molar-refractivity contribution in [3.8, 4) is 0 Å². The molecule has 2 heterocycles. The third kappa shape index (κ3) is 2.92. The quantitative estimate of drug-likeness (QED) is 0.899. The molecule has 23 heavy (non-hydrogen) atoms. The van der Waals surface area contributed by atoms with Crippen molar-refractivity contribution in [3.05, 3.63) is 29.3 Å². The third-order valence-corrected chi connectivity index (χ3v) is 5.23. The van der Waals surface area contributed by atoms with Crippen LogP contribution >= 0.6 is 0 Å². The van der Waals surface area contributed by atoms with E-state index in [9.17, 15) is 9.59 Å². The van der Waals surface area contributed by atoms with Gasteiger partial charge in [-0.25, -0.2) is 0 Å². The number of carbonyl (C=O) groups is 2. The number of aryl methyl sites for hydroxylation is 1. The van der Waals surface area contributed by atoms with Gasteiger partial charge < -0.3 is 15.1 Å². The Morgan fingerprint density at radius 3 is 2.48 bits per heavy atom. The van der Waals surface area contributed by atoms with Gasteiger partial charge >= 0.3 is 0 Å². The molecule has 0 bridgehead atoms. The van der Waals surface area contributed by atoms with E-state index >= 15 is 0 Å². The number of piperazine rings is 1. The second-order valence-corrected chi connectivity index (χ2v) is 7.01. The lowest BCUT2D eigenvalue weighted by Gasteiger charge is -2.39. The molecule has 3 rings (SSSR count). The van der Waals surface area contributed by atoms with Gasteiger partial charge in [0.1, 0.15) is 0 Å². The van der Waals surface area contributed by atoms with Gasteiger partial charge in [-0.1, -0.05) is 12.1 Å². The van der Waals surface area contributed by atoms with E-state index in [-0.39, 0.29) is 11.8 Å². The molecule has 0 saturated carbocycles. The molecular weight excluding hydrogens is 290 g/mol. The Bertz CT molecular complexity index is 635. The van der Waals surface area contributed by atoms with Crippen molar-refractivity contribution in [1.82, 2.24) is 10.2 Å². The van der Waals surface area contributed by atoms with E-state index in [1.807, 2.05) is 11.8 Å². The van der Waals surface area contributed by atoms with Crippen LogP contribution in [0.3, 0.4) is 0 Å². The summed E-state index contributed by atoms with van der Waals surface area (Å²) in [4.78, 5) is 28.5. The monoisotopic (exact) mass is 315 g/mol. The topological polar surface area (TPSA) is 52.6 Å². The van der Waals surface area contributed by atoms with E-state index in [1.165, 1.54) is 16.8 Å². The van der Waals surface area contributed by atoms with Crippen LogP contribution in [0.1, 0.15) is 24.5 Å². The maximum Gasteiger partial charge on any atom is 0.230 e. The molecule has 0 aromatic heterocycles. The van der Waals surface area contributed by atoms with Gasteiger partial charge in [0.2, 0.25) is 11.8 Å². The molecule has 124 valence electrons. The zero-order valence-corrected chi connectivity index (χ0v) is 14.2. The molecule has 0 radical (unpaired) electrons. The smallest absolute Gasteiger partial charge is 0.230 e. The number of nitrogens with zero attached hydrogens (tertiary/aromatic N) is 2. The van der Waals surface area contributed by atoms with Gasteiger partial charge in [0, 0.05) is 44.8 Å². The number of benzene rings is 1. The molecule has 1 atom stereocenters. The van der Waals surface area contributed by atoms with Gasteiger partial charge in [0.25, 0.3) is 0 Å². The Morgan fingerprint density at radius 1 is 1.17 bits per heavy atom. The first-order valence-corrected chi connectivity index (χ1v) is 8.28. The second kappa shape index (κ2) is 5.87. The predicted octanol–water partition coefficient (Wildman–Crippen LogP) is 1.48. The van der Waals surface area contributed by atoms with Gasteiger partial charge in [-0.05, 0) is 38.0 Å². The zero-order valence-electron chi connectivity index (χ0n) is 14.2. The van der Waals surface area contributed by atoms with E-state index in [4.69, 9.17) is 0 Å². The molecule has 2 aliphatic rings. The fourth-order valence-corrected chi connectivity index (χ4v) is 3.53. The van der Waals surface area contributed by atoms with E-state index in [1.54, 1.807) is 0 Å². The molecule has 1 aromatic rings. The number of hydrogen-bond acceptors (Lipinski definition) is 3. The Hall–Kier alpha value is -2.04. The predicted molar refractivity (Wildman–Crippen MR) is 90.4 cm³/mol. The van der Waals surface area contributed by atoms with Crippen LogP contribution in [0.2, 0.25) is 0 Å². The van der Waals surface area contributed by atoms with Crippen molar-refractivity contribution in [2.45, 2.75) is 27.2 Å². The molecule has 0 spiro atoms. The molecule has 0 aliphatic carbocycles. The summed E-state index contributed by atoms with van der Waals surface area (Å²) in [6.45, 7) is 9.75. The normalized spacial score (nSPS) is 24.7. The van der Waals surface area contributed by atoms with Crippen LogP contribution in [0.4, 0.5) is 5.69 Å². The van der Waals surface area contributed by atoms with Gasteiger partial charge in [0.15, 0.2) is 0 Å². The zero-order chi connectivity index (χ0) is 16.6. The van der Waals surface area contributed by atoms with Gasteiger partial charge in [-0.3, -0.25) is 9.59 Å². The van der Waals surface area contributed by atoms with Crippen molar-refractivity contribution < 1.29 is 9.59 Å². The van der Waals surface area contributed by atoms with Crippen LogP contribution in [0.25, 0.3) is 0 Å². The maximum absolute atomic E-state index is 12.7. The lowest BCUT2D eigenvalue weighted by molar-refractivity contribution is -0.141. The molecule has 2 amide bonds. The van der Waals surface area contributed by atoms with Crippen LogP contribution < -0.4 is 10.2 Å². The van der Waals surface area contributed by atoms with Crippen molar-refractivity contribution in [2.24, 2.45) is 5.41 Å². The van der Waals surface area contributed by atoms with E-state index in [0.29, 0.717) is 13.0 Å². The highest BCUT2D eigenvalue weighted by Gasteiger charge is 2.43. The van der Waals surface area contributed by atoms with Crippen LogP contribution in [0.15, 0.2) is 18.2 Å². The third-order valence-electron chi connectivity index (χ3n) is 5.23. The Morgan fingerprint density at radius 2 is 1.87 bits per heavy atom. The summed E-state index contributed by atoms with van der Waals surface area (Å²) in [6, 6.07) is 6.37. The van der Waals surface area contributed by atoms with Gasteiger partial charge in [-0.15, -0.1) is 0 Å². The first-order valence-electron chi connectivity index (χ1n) is 8.28. The van der Waals surface area contributed by atoms with Crippen LogP contribution in [-0.2, 0) is 9.59 Å². The summed E-state index contributed by atoms with van der Waals surface area (Å²) >= 11 is 0. The number of hydrogen-bond donors (Lipinski definition) is 1. The standard InChI is InChI=1S/C18H25N3O2/c1-13-5-4-6-15(14(13)2)20-7-9-21(10-8-20)17(23)18(3)11-16(22)19-12-18/h4-6H,7-12H2,1-3H3,(H,19,22). The minimum absolute atomic E-state index is 0.0186. The van der Waals surface area contributed by atoms with E-state index < -0.39 is 5.41 Å². The summed E-state index contributed by atoms with van der Waals surface area (Å²) < 4.78 is 0. The summed E-state index contributed by atoms with van der Waals surface area (Å²) in [5.41, 5.74) is 3.30. The van der Waals surface area contributed by atoms with Gasteiger partial charge in [-0.2, -0.15) is 0 Å². The molecule has 2 aliphatic heterocycles.